The Morgan fingerprint density at radius 1 is 1.15 bits per heavy atom. The summed E-state index contributed by atoms with van der Waals surface area (Å²) < 4.78 is 0. The highest BCUT2D eigenvalue weighted by Gasteiger charge is 1.98. The molecule has 1 aromatic carbocycles. The van der Waals surface area contributed by atoms with Gasteiger partial charge in [-0.15, -0.1) is 0 Å². The van der Waals surface area contributed by atoms with Gasteiger partial charge in [-0.05, 0) is 19.1 Å². The Hall–Kier alpha value is -1.61. The van der Waals surface area contributed by atoms with Crippen LogP contribution in [0.25, 0.3) is 10.9 Å². The molecule has 0 atom stereocenters. The van der Waals surface area contributed by atoms with Crippen molar-refractivity contribution in [1.82, 2.24) is 11.1 Å². The lowest BCUT2D eigenvalue weighted by molar-refractivity contribution is 0.480. The molecule has 1 heterocycles. The van der Waals surface area contributed by atoms with E-state index in [1.54, 1.807) is 6.07 Å². The number of nitrogens with zero attached hydrogens (tertiary/aromatic N) is 1. The minimum Gasteiger partial charge on any atom is -0.506 e. The molecule has 13 heavy (non-hydrogen) atoms. The summed E-state index contributed by atoms with van der Waals surface area (Å²) in [7, 11) is 0. The summed E-state index contributed by atoms with van der Waals surface area (Å²) in [5.41, 5.74) is 1.60. The maximum Gasteiger partial charge on any atom is 0.141 e. The molecule has 0 unspecified atom stereocenters. The van der Waals surface area contributed by atoms with Crippen LogP contribution in [0.1, 0.15) is 5.69 Å². The Balaban J connectivity index is 0.000000845. The average molecular weight is 176 g/mol. The van der Waals surface area contributed by atoms with Gasteiger partial charge in [-0.25, -0.2) is 4.98 Å². The highest BCUT2D eigenvalue weighted by Crippen LogP contribution is 2.21. The van der Waals surface area contributed by atoms with Crippen LogP contribution >= 0.6 is 0 Å². The number of phenolic OH excluding ortho intramolecular Hbond substituents is 1. The van der Waals surface area contributed by atoms with E-state index in [1.807, 2.05) is 31.2 Å². The highest BCUT2D eigenvalue weighted by atomic mass is 16.3. The Morgan fingerprint density at radius 3 is 2.69 bits per heavy atom. The molecule has 2 aromatic rings. The molecule has 0 saturated heterocycles. The quantitative estimate of drug-likeness (QED) is 0.647. The van der Waals surface area contributed by atoms with Gasteiger partial charge in [0.1, 0.15) is 11.3 Å². The summed E-state index contributed by atoms with van der Waals surface area (Å²) in [6, 6.07) is 9.28. The molecule has 0 bridgehead atoms. The smallest absolute Gasteiger partial charge is 0.141 e. The van der Waals surface area contributed by atoms with Crippen molar-refractivity contribution >= 4 is 10.9 Å². The van der Waals surface area contributed by atoms with Gasteiger partial charge < -0.3 is 11.3 Å². The second-order valence-corrected chi connectivity index (χ2v) is 2.80. The molecule has 0 saturated carbocycles. The second kappa shape index (κ2) is 3.41. The third-order valence-electron chi connectivity index (χ3n) is 1.84. The van der Waals surface area contributed by atoms with E-state index in [9.17, 15) is 5.11 Å². The van der Waals surface area contributed by atoms with Gasteiger partial charge in [0.15, 0.2) is 0 Å². The molecular formula is C10H12N2O. The lowest BCUT2D eigenvalue weighted by atomic mass is 10.2. The number of benzene rings is 1. The number of hydrogen-bond donors (Lipinski definition) is 2. The summed E-state index contributed by atoms with van der Waals surface area (Å²) in [6.07, 6.45) is 0. The fourth-order valence-corrected chi connectivity index (χ4v) is 1.23. The van der Waals surface area contributed by atoms with Crippen LogP contribution in [0, 0.1) is 6.92 Å². The molecule has 3 nitrogen and oxygen atoms in total. The van der Waals surface area contributed by atoms with Gasteiger partial charge in [0, 0.05) is 11.1 Å². The van der Waals surface area contributed by atoms with E-state index in [4.69, 9.17) is 0 Å². The topological polar surface area (TPSA) is 68.1 Å². The van der Waals surface area contributed by atoms with Crippen molar-refractivity contribution in [3.05, 3.63) is 36.0 Å². The van der Waals surface area contributed by atoms with Crippen molar-refractivity contribution in [2.75, 3.05) is 0 Å². The van der Waals surface area contributed by atoms with Crippen molar-refractivity contribution in [1.29, 1.82) is 0 Å². The van der Waals surface area contributed by atoms with E-state index in [-0.39, 0.29) is 11.9 Å². The fourth-order valence-electron chi connectivity index (χ4n) is 1.23. The fraction of sp³-hybridized carbons (Fsp3) is 0.100. The molecule has 68 valence electrons. The van der Waals surface area contributed by atoms with Gasteiger partial charge >= 0.3 is 0 Å². The summed E-state index contributed by atoms with van der Waals surface area (Å²) in [4.78, 5) is 4.23. The molecule has 4 N–H and O–H groups in total. The number of phenols is 1. The summed E-state index contributed by atoms with van der Waals surface area (Å²) in [5, 5.41) is 10.4. The number of pyridine rings is 1. The predicted octanol–water partition coefficient (Wildman–Crippen LogP) is 2.41. The zero-order chi connectivity index (χ0) is 8.55. The van der Waals surface area contributed by atoms with E-state index < -0.39 is 0 Å². The van der Waals surface area contributed by atoms with Crippen molar-refractivity contribution in [3.63, 3.8) is 0 Å². The molecule has 0 fully saturated rings. The molecule has 0 radical (unpaired) electrons. The van der Waals surface area contributed by atoms with Gasteiger partial charge in [-0.3, -0.25) is 0 Å². The number of rotatable bonds is 0. The minimum absolute atomic E-state index is 0. The maximum absolute atomic E-state index is 9.43. The highest BCUT2D eigenvalue weighted by molar-refractivity contribution is 5.84. The number of aryl methyl sites for hydroxylation is 1. The van der Waals surface area contributed by atoms with Gasteiger partial charge in [0.25, 0.3) is 0 Å². The molecule has 0 spiro atoms. The zero-order valence-corrected chi connectivity index (χ0v) is 7.49. The maximum atomic E-state index is 9.43. The normalized spacial score (nSPS) is 9.62. The van der Waals surface area contributed by atoms with E-state index in [1.165, 1.54) is 0 Å². The summed E-state index contributed by atoms with van der Waals surface area (Å²) in [5.74, 6) is 0.246. The molecule has 0 aliphatic heterocycles. The second-order valence-electron chi connectivity index (χ2n) is 2.80. The van der Waals surface area contributed by atoms with Crippen LogP contribution in [0.4, 0.5) is 0 Å². The monoisotopic (exact) mass is 176 g/mol. The van der Waals surface area contributed by atoms with Crippen LogP contribution < -0.4 is 6.15 Å². The van der Waals surface area contributed by atoms with E-state index in [2.05, 4.69) is 4.98 Å². The molecule has 1 aromatic heterocycles. The first-order chi connectivity index (χ1) is 5.77. The number of fused-ring (bicyclic) bond motifs is 1. The summed E-state index contributed by atoms with van der Waals surface area (Å²) in [6.45, 7) is 1.91. The Labute approximate surface area is 76.6 Å². The summed E-state index contributed by atoms with van der Waals surface area (Å²) >= 11 is 0. The molecule has 0 aliphatic carbocycles. The number of para-hydroxylation sites is 1. The van der Waals surface area contributed by atoms with Gasteiger partial charge in [-0.1, -0.05) is 18.2 Å². The van der Waals surface area contributed by atoms with Crippen molar-refractivity contribution in [2.45, 2.75) is 6.92 Å². The third kappa shape index (κ3) is 1.60. The Morgan fingerprint density at radius 2 is 1.92 bits per heavy atom. The van der Waals surface area contributed by atoms with Crippen LogP contribution in [0.5, 0.6) is 5.75 Å². The predicted molar refractivity (Wildman–Crippen MR) is 53.2 cm³/mol. The lowest BCUT2D eigenvalue weighted by Crippen LogP contribution is -1.82. The Bertz CT molecular complexity index is 426. The first kappa shape index (κ1) is 9.48. The van der Waals surface area contributed by atoms with Gasteiger partial charge in [0.2, 0.25) is 0 Å². The third-order valence-corrected chi connectivity index (χ3v) is 1.84. The van der Waals surface area contributed by atoms with Gasteiger partial charge in [0.05, 0.1) is 0 Å². The molecule has 0 aliphatic rings. The van der Waals surface area contributed by atoms with Crippen molar-refractivity contribution in [3.8, 4) is 5.75 Å². The van der Waals surface area contributed by atoms with E-state index >= 15 is 0 Å². The average Bonchev–Trinajstić information content (AvgIpc) is 2.07. The van der Waals surface area contributed by atoms with Crippen molar-refractivity contribution < 1.29 is 5.11 Å². The van der Waals surface area contributed by atoms with Crippen molar-refractivity contribution in [2.24, 2.45) is 0 Å². The first-order valence-electron chi connectivity index (χ1n) is 3.83. The Kier molecular flexibility index (Phi) is 2.49. The number of aromatic nitrogens is 1. The van der Waals surface area contributed by atoms with Crippen LogP contribution in [-0.4, -0.2) is 10.1 Å². The van der Waals surface area contributed by atoms with Gasteiger partial charge in [-0.2, -0.15) is 0 Å². The van der Waals surface area contributed by atoms with E-state index in [0.29, 0.717) is 5.52 Å². The largest absolute Gasteiger partial charge is 0.506 e. The molecule has 3 heteroatoms. The SMILES string of the molecule is Cc1ccc2cccc(O)c2n1.N. The van der Waals surface area contributed by atoms with Crippen LogP contribution in [0.2, 0.25) is 0 Å². The van der Waals surface area contributed by atoms with Crippen LogP contribution in [-0.2, 0) is 0 Å². The molecular weight excluding hydrogens is 164 g/mol. The van der Waals surface area contributed by atoms with Crippen LogP contribution in [0.15, 0.2) is 30.3 Å². The number of aromatic hydroxyl groups is 1. The standard InChI is InChI=1S/C10H9NO.H3N/c1-7-5-6-8-3-2-4-9(12)10(8)11-7;/h2-6,12H,1H3;1H3. The molecule has 2 rings (SSSR count). The first-order valence-corrected chi connectivity index (χ1v) is 3.83. The number of hydrogen-bond acceptors (Lipinski definition) is 3. The minimum atomic E-state index is 0. The van der Waals surface area contributed by atoms with Crippen LogP contribution in [0.3, 0.4) is 0 Å². The zero-order valence-electron chi connectivity index (χ0n) is 7.49. The van der Waals surface area contributed by atoms with E-state index in [0.717, 1.165) is 11.1 Å². The lowest BCUT2D eigenvalue weighted by Gasteiger charge is -1.99. The molecule has 0 amide bonds.